The van der Waals surface area contributed by atoms with Gasteiger partial charge in [0.15, 0.2) is 0 Å². The molecule has 0 saturated carbocycles. The molecular weight excluding hydrogens is 246 g/mol. The molecule has 2 fully saturated rings. The molecule has 1 aromatic rings. The standard InChI is InChI=1S/C15H20F2N2/c16-15(17)8-11-19(13-6-9-18-10-7-13)14(15)12-4-2-1-3-5-12/h1-5,13-14,18H,6-11H2. The molecule has 2 saturated heterocycles. The number of nitrogens with one attached hydrogen (secondary N) is 1. The lowest BCUT2D eigenvalue weighted by Gasteiger charge is -2.37. The molecule has 2 heterocycles. The summed E-state index contributed by atoms with van der Waals surface area (Å²) in [6.07, 6.45) is 1.93. The Morgan fingerprint density at radius 3 is 2.47 bits per heavy atom. The van der Waals surface area contributed by atoms with Crippen molar-refractivity contribution in [2.75, 3.05) is 19.6 Å². The molecule has 3 rings (SSSR count). The largest absolute Gasteiger partial charge is 0.317 e. The maximum Gasteiger partial charge on any atom is 0.268 e. The Bertz CT molecular complexity index is 415. The van der Waals surface area contributed by atoms with Crippen LogP contribution in [0.3, 0.4) is 0 Å². The number of likely N-dealkylation sites (tertiary alicyclic amines) is 1. The molecule has 2 nitrogen and oxygen atoms in total. The minimum Gasteiger partial charge on any atom is -0.317 e. The Morgan fingerprint density at radius 1 is 1.11 bits per heavy atom. The van der Waals surface area contributed by atoms with Gasteiger partial charge in [0.05, 0.1) is 6.04 Å². The van der Waals surface area contributed by atoms with Gasteiger partial charge in [-0.1, -0.05) is 30.3 Å². The molecule has 0 amide bonds. The number of nitrogens with zero attached hydrogens (tertiary/aromatic N) is 1. The second-order valence-corrected chi connectivity index (χ2v) is 5.54. The maximum atomic E-state index is 14.2. The van der Waals surface area contributed by atoms with E-state index in [4.69, 9.17) is 0 Å². The first-order valence-corrected chi connectivity index (χ1v) is 7.08. The lowest BCUT2D eigenvalue weighted by atomic mass is 9.98. The summed E-state index contributed by atoms with van der Waals surface area (Å²) in [5, 5.41) is 3.30. The molecule has 19 heavy (non-hydrogen) atoms. The van der Waals surface area contributed by atoms with Crippen molar-refractivity contribution in [1.29, 1.82) is 0 Å². The van der Waals surface area contributed by atoms with Crippen LogP contribution in [0.2, 0.25) is 0 Å². The number of halogens is 2. The van der Waals surface area contributed by atoms with Crippen LogP contribution in [0.5, 0.6) is 0 Å². The number of benzene rings is 1. The zero-order valence-corrected chi connectivity index (χ0v) is 11.0. The van der Waals surface area contributed by atoms with Crippen molar-refractivity contribution in [3.8, 4) is 0 Å². The van der Waals surface area contributed by atoms with Gasteiger partial charge in [-0.2, -0.15) is 0 Å². The molecule has 1 unspecified atom stereocenters. The van der Waals surface area contributed by atoms with Crippen molar-refractivity contribution in [3.63, 3.8) is 0 Å². The lowest BCUT2D eigenvalue weighted by molar-refractivity contribution is -0.0441. The second kappa shape index (κ2) is 5.17. The van der Waals surface area contributed by atoms with Crippen molar-refractivity contribution in [1.82, 2.24) is 10.2 Å². The van der Waals surface area contributed by atoms with Crippen LogP contribution in [0.25, 0.3) is 0 Å². The molecule has 4 heteroatoms. The summed E-state index contributed by atoms with van der Waals surface area (Å²) in [4.78, 5) is 2.04. The first kappa shape index (κ1) is 13.0. The van der Waals surface area contributed by atoms with Gasteiger partial charge in [-0.25, -0.2) is 8.78 Å². The van der Waals surface area contributed by atoms with E-state index in [1.165, 1.54) is 0 Å². The quantitative estimate of drug-likeness (QED) is 0.885. The average Bonchev–Trinajstić information content (AvgIpc) is 2.76. The molecule has 0 radical (unpaired) electrons. The molecule has 0 bridgehead atoms. The predicted molar refractivity (Wildman–Crippen MR) is 71.3 cm³/mol. The van der Waals surface area contributed by atoms with Gasteiger partial charge in [0.2, 0.25) is 0 Å². The van der Waals surface area contributed by atoms with E-state index in [0.29, 0.717) is 12.6 Å². The molecule has 0 aromatic heterocycles. The van der Waals surface area contributed by atoms with Crippen LogP contribution in [-0.4, -0.2) is 36.5 Å². The van der Waals surface area contributed by atoms with Crippen LogP contribution in [0.15, 0.2) is 30.3 Å². The number of rotatable bonds is 2. The fourth-order valence-corrected chi connectivity index (χ4v) is 3.39. The van der Waals surface area contributed by atoms with Crippen molar-refractivity contribution < 1.29 is 8.78 Å². The summed E-state index contributed by atoms with van der Waals surface area (Å²) < 4.78 is 28.5. The summed E-state index contributed by atoms with van der Waals surface area (Å²) in [5.41, 5.74) is 0.753. The van der Waals surface area contributed by atoms with Crippen molar-refractivity contribution >= 4 is 0 Å². The Kier molecular flexibility index (Phi) is 3.54. The van der Waals surface area contributed by atoms with Gasteiger partial charge in [-0.3, -0.25) is 4.90 Å². The Morgan fingerprint density at radius 2 is 1.79 bits per heavy atom. The molecule has 1 aromatic carbocycles. The van der Waals surface area contributed by atoms with E-state index < -0.39 is 12.0 Å². The van der Waals surface area contributed by atoms with Gasteiger partial charge in [0, 0.05) is 19.0 Å². The van der Waals surface area contributed by atoms with Gasteiger partial charge in [0.1, 0.15) is 0 Å². The highest BCUT2D eigenvalue weighted by atomic mass is 19.3. The van der Waals surface area contributed by atoms with E-state index in [1.54, 1.807) is 0 Å². The first-order chi connectivity index (χ1) is 9.18. The van der Waals surface area contributed by atoms with E-state index >= 15 is 0 Å². The molecule has 1 N–H and O–H groups in total. The number of piperidine rings is 1. The van der Waals surface area contributed by atoms with Crippen LogP contribution in [-0.2, 0) is 0 Å². The summed E-state index contributed by atoms with van der Waals surface area (Å²) in [5.74, 6) is -2.60. The molecule has 0 spiro atoms. The monoisotopic (exact) mass is 266 g/mol. The smallest absolute Gasteiger partial charge is 0.268 e. The van der Waals surface area contributed by atoms with E-state index in [0.717, 1.165) is 31.5 Å². The highest BCUT2D eigenvalue weighted by Crippen LogP contribution is 2.46. The van der Waals surface area contributed by atoms with Crippen LogP contribution in [0.1, 0.15) is 30.9 Å². The van der Waals surface area contributed by atoms with Crippen molar-refractivity contribution in [2.45, 2.75) is 37.3 Å². The van der Waals surface area contributed by atoms with Gasteiger partial charge < -0.3 is 5.32 Å². The third-order valence-corrected chi connectivity index (χ3v) is 4.33. The van der Waals surface area contributed by atoms with Gasteiger partial charge in [-0.15, -0.1) is 0 Å². The Balaban J connectivity index is 1.87. The minimum absolute atomic E-state index is 0.0174. The maximum absolute atomic E-state index is 14.2. The van der Waals surface area contributed by atoms with Crippen LogP contribution in [0, 0.1) is 0 Å². The zero-order valence-electron chi connectivity index (χ0n) is 11.0. The SMILES string of the molecule is FC1(F)CCN(C2CCNCC2)C1c1ccccc1. The zero-order chi connectivity index (χ0) is 13.3. The number of alkyl halides is 2. The third kappa shape index (κ3) is 2.51. The number of hydrogen-bond acceptors (Lipinski definition) is 2. The van der Waals surface area contributed by atoms with E-state index in [9.17, 15) is 8.78 Å². The topological polar surface area (TPSA) is 15.3 Å². The van der Waals surface area contributed by atoms with Gasteiger partial charge in [0.25, 0.3) is 5.92 Å². The van der Waals surface area contributed by atoms with Gasteiger partial charge >= 0.3 is 0 Å². The molecule has 2 aliphatic rings. The van der Waals surface area contributed by atoms with Crippen LogP contribution >= 0.6 is 0 Å². The fraction of sp³-hybridized carbons (Fsp3) is 0.600. The molecule has 104 valence electrons. The molecule has 1 atom stereocenters. The Labute approximate surface area is 112 Å². The van der Waals surface area contributed by atoms with Crippen molar-refractivity contribution in [2.24, 2.45) is 0 Å². The third-order valence-electron chi connectivity index (χ3n) is 4.33. The van der Waals surface area contributed by atoms with Crippen LogP contribution < -0.4 is 5.32 Å². The summed E-state index contributed by atoms with van der Waals surface area (Å²) in [6.45, 7) is 2.39. The predicted octanol–water partition coefficient (Wildman–Crippen LogP) is 2.82. The summed E-state index contributed by atoms with van der Waals surface area (Å²) in [6, 6.07) is 8.80. The highest BCUT2D eigenvalue weighted by molar-refractivity contribution is 5.23. The molecule has 0 aliphatic carbocycles. The Hall–Kier alpha value is -1.00. The number of hydrogen-bond donors (Lipinski definition) is 1. The van der Waals surface area contributed by atoms with E-state index in [-0.39, 0.29) is 6.42 Å². The van der Waals surface area contributed by atoms with Crippen molar-refractivity contribution in [3.05, 3.63) is 35.9 Å². The molecule has 2 aliphatic heterocycles. The summed E-state index contributed by atoms with van der Waals surface area (Å²) >= 11 is 0. The molecular formula is C15H20F2N2. The fourth-order valence-electron chi connectivity index (χ4n) is 3.39. The second-order valence-electron chi connectivity index (χ2n) is 5.54. The highest BCUT2D eigenvalue weighted by Gasteiger charge is 2.51. The van der Waals surface area contributed by atoms with E-state index in [1.807, 2.05) is 35.2 Å². The van der Waals surface area contributed by atoms with Gasteiger partial charge in [-0.05, 0) is 31.5 Å². The lowest BCUT2D eigenvalue weighted by Crippen LogP contribution is -2.44. The first-order valence-electron chi connectivity index (χ1n) is 7.08. The van der Waals surface area contributed by atoms with E-state index in [2.05, 4.69) is 5.32 Å². The normalized spacial score (nSPS) is 28.6. The summed E-state index contributed by atoms with van der Waals surface area (Å²) in [7, 11) is 0. The van der Waals surface area contributed by atoms with Crippen LogP contribution in [0.4, 0.5) is 8.78 Å². The minimum atomic E-state index is -2.60. The average molecular weight is 266 g/mol.